The highest BCUT2D eigenvalue weighted by molar-refractivity contribution is 7.89. The quantitative estimate of drug-likeness (QED) is 0.863. The van der Waals surface area contributed by atoms with Crippen LogP contribution in [0.25, 0.3) is 0 Å². The van der Waals surface area contributed by atoms with Crippen molar-refractivity contribution in [1.82, 2.24) is 14.1 Å². The van der Waals surface area contributed by atoms with Crippen LogP contribution in [-0.2, 0) is 16.6 Å². The van der Waals surface area contributed by atoms with Crippen molar-refractivity contribution < 1.29 is 8.42 Å². The molecule has 108 valence electrons. The molecule has 0 saturated carbocycles. The van der Waals surface area contributed by atoms with Gasteiger partial charge < -0.3 is 0 Å². The van der Waals surface area contributed by atoms with Crippen LogP contribution in [0.3, 0.4) is 0 Å². The molecule has 0 aliphatic carbocycles. The average molecular weight is 293 g/mol. The Balaban J connectivity index is 2.23. The highest BCUT2D eigenvalue weighted by Crippen LogP contribution is 2.15. The van der Waals surface area contributed by atoms with E-state index in [4.69, 9.17) is 0 Å². The molecule has 0 radical (unpaired) electrons. The van der Waals surface area contributed by atoms with E-state index in [0.29, 0.717) is 11.4 Å². The number of nitrogens with zero attached hydrogens (tertiary/aromatic N) is 3. The molecule has 20 heavy (non-hydrogen) atoms. The molecule has 1 aromatic carbocycles. The third-order valence-corrected chi connectivity index (χ3v) is 4.97. The average Bonchev–Trinajstić information content (AvgIpc) is 2.68. The van der Waals surface area contributed by atoms with Crippen LogP contribution in [0.5, 0.6) is 0 Å². The van der Waals surface area contributed by atoms with E-state index in [9.17, 15) is 8.42 Å². The molecule has 2 aromatic rings. The molecule has 0 saturated heterocycles. The number of sulfonamides is 1. The van der Waals surface area contributed by atoms with Crippen LogP contribution in [0.15, 0.2) is 35.2 Å². The predicted molar refractivity (Wildman–Crippen MR) is 78.1 cm³/mol. The number of aromatic nitrogens is 2. The van der Waals surface area contributed by atoms with Gasteiger partial charge in [-0.3, -0.25) is 4.68 Å². The molecule has 0 N–H and O–H groups in total. The lowest BCUT2D eigenvalue weighted by atomic mass is 10.2. The molecule has 0 spiro atoms. The molecule has 1 aromatic heterocycles. The highest BCUT2D eigenvalue weighted by Gasteiger charge is 2.16. The molecule has 0 aliphatic heterocycles. The Morgan fingerprint density at radius 2 is 1.75 bits per heavy atom. The Hall–Kier alpha value is -1.66. The lowest BCUT2D eigenvalue weighted by Gasteiger charge is -2.12. The first-order valence-electron chi connectivity index (χ1n) is 6.33. The number of benzene rings is 1. The van der Waals surface area contributed by atoms with Crippen LogP contribution >= 0.6 is 0 Å². The molecular formula is C14H19N3O2S. The van der Waals surface area contributed by atoms with Crippen LogP contribution in [0.4, 0.5) is 0 Å². The number of hydrogen-bond donors (Lipinski definition) is 0. The van der Waals surface area contributed by atoms with Gasteiger partial charge in [-0.15, -0.1) is 0 Å². The van der Waals surface area contributed by atoms with Crippen LogP contribution in [0, 0.1) is 13.8 Å². The zero-order valence-corrected chi connectivity index (χ0v) is 13.0. The minimum Gasteiger partial charge on any atom is -0.265 e. The van der Waals surface area contributed by atoms with Gasteiger partial charge in [0, 0.05) is 19.8 Å². The summed E-state index contributed by atoms with van der Waals surface area (Å²) >= 11 is 0. The molecule has 0 bridgehead atoms. The smallest absolute Gasteiger partial charge is 0.242 e. The number of aryl methyl sites for hydroxylation is 2. The van der Waals surface area contributed by atoms with E-state index in [-0.39, 0.29) is 0 Å². The summed E-state index contributed by atoms with van der Waals surface area (Å²) in [5.41, 5.74) is 3.09. The molecule has 0 atom stereocenters. The second-order valence-corrected chi connectivity index (χ2v) is 7.17. The Labute approximate surface area is 119 Å². The Morgan fingerprint density at radius 1 is 1.15 bits per heavy atom. The third kappa shape index (κ3) is 2.91. The fourth-order valence-corrected chi connectivity index (χ4v) is 2.89. The number of hydrogen-bond acceptors (Lipinski definition) is 3. The van der Waals surface area contributed by atoms with Gasteiger partial charge in [0.15, 0.2) is 0 Å². The normalized spacial score (nSPS) is 12.1. The van der Waals surface area contributed by atoms with E-state index >= 15 is 0 Å². The van der Waals surface area contributed by atoms with Gasteiger partial charge >= 0.3 is 0 Å². The summed E-state index contributed by atoms with van der Waals surface area (Å²) in [5.74, 6) is 0. The van der Waals surface area contributed by atoms with Crippen LogP contribution in [0.2, 0.25) is 0 Å². The first-order valence-corrected chi connectivity index (χ1v) is 7.77. The van der Waals surface area contributed by atoms with Crippen molar-refractivity contribution in [2.24, 2.45) is 0 Å². The zero-order valence-electron chi connectivity index (χ0n) is 12.2. The summed E-state index contributed by atoms with van der Waals surface area (Å²) in [6, 6.07) is 8.94. The van der Waals surface area contributed by atoms with Gasteiger partial charge in [-0.2, -0.15) is 5.10 Å². The lowest BCUT2D eigenvalue weighted by molar-refractivity contribution is 0.520. The van der Waals surface area contributed by atoms with Crippen molar-refractivity contribution >= 4 is 10.0 Å². The largest absolute Gasteiger partial charge is 0.265 e. The Kier molecular flexibility index (Phi) is 3.96. The molecule has 0 aliphatic rings. The van der Waals surface area contributed by atoms with Crippen molar-refractivity contribution in [3.05, 3.63) is 47.3 Å². The van der Waals surface area contributed by atoms with Crippen molar-refractivity contribution in [3.63, 3.8) is 0 Å². The van der Waals surface area contributed by atoms with Gasteiger partial charge in [0.2, 0.25) is 10.0 Å². The van der Waals surface area contributed by atoms with Crippen LogP contribution < -0.4 is 0 Å². The summed E-state index contributed by atoms with van der Waals surface area (Å²) in [5, 5.41) is 4.40. The van der Waals surface area contributed by atoms with Crippen LogP contribution in [-0.4, -0.2) is 36.6 Å². The molecule has 5 nitrogen and oxygen atoms in total. The fraction of sp³-hybridized carbons (Fsp3) is 0.357. The van der Waals surface area contributed by atoms with Gasteiger partial charge in [0.05, 0.1) is 17.1 Å². The summed E-state index contributed by atoms with van der Waals surface area (Å²) in [4.78, 5) is 0.305. The molecule has 0 amide bonds. The van der Waals surface area contributed by atoms with Crippen molar-refractivity contribution in [2.45, 2.75) is 25.3 Å². The van der Waals surface area contributed by atoms with Gasteiger partial charge in [0.25, 0.3) is 0 Å². The lowest BCUT2D eigenvalue weighted by Crippen LogP contribution is -2.22. The van der Waals surface area contributed by atoms with Crippen molar-refractivity contribution in [2.75, 3.05) is 14.1 Å². The first kappa shape index (κ1) is 14.7. The van der Waals surface area contributed by atoms with E-state index in [1.54, 1.807) is 12.1 Å². The molecule has 2 rings (SSSR count). The third-order valence-electron chi connectivity index (χ3n) is 3.14. The Bertz CT molecular complexity index is 701. The molecule has 1 heterocycles. The maximum absolute atomic E-state index is 12.0. The number of rotatable bonds is 4. The summed E-state index contributed by atoms with van der Waals surface area (Å²) in [6.07, 6.45) is 0. The summed E-state index contributed by atoms with van der Waals surface area (Å²) in [6.45, 7) is 4.60. The summed E-state index contributed by atoms with van der Waals surface area (Å²) < 4.78 is 27.1. The molecular weight excluding hydrogens is 274 g/mol. The molecule has 0 unspecified atom stereocenters. The maximum Gasteiger partial charge on any atom is 0.242 e. The zero-order chi connectivity index (χ0) is 14.9. The second-order valence-electron chi connectivity index (χ2n) is 5.02. The van der Waals surface area contributed by atoms with Gasteiger partial charge in [0.1, 0.15) is 0 Å². The SMILES string of the molecule is Cc1cc(C)n(Cc2ccc(S(=O)(=O)N(C)C)cc2)n1. The van der Waals surface area contributed by atoms with E-state index < -0.39 is 10.0 Å². The van der Waals surface area contributed by atoms with Crippen molar-refractivity contribution in [3.8, 4) is 0 Å². The molecule has 0 fully saturated rings. The molecule has 6 heteroatoms. The van der Waals surface area contributed by atoms with Gasteiger partial charge in [-0.25, -0.2) is 12.7 Å². The van der Waals surface area contributed by atoms with E-state index in [0.717, 1.165) is 17.0 Å². The maximum atomic E-state index is 12.0. The topological polar surface area (TPSA) is 55.2 Å². The summed E-state index contributed by atoms with van der Waals surface area (Å²) in [7, 11) is -0.306. The Morgan fingerprint density at radius 3 is 2.20 bits per heavy atom. The van der Waals surface area contributed by atoms with Gasteiger partial charge in [-0.05, 0) is 37.6 Å². The highest BCUT2D eigenvalue weighted by atomic mass is 32.2. The minimum atomic E-state index is -3.36. The standard InChI is InChI=1S/C14H19N3O2S/c1-11-9-12(2)17(15-11)10-13-5-7-14(8-6-13)20(18,19)16(3)4/h5-9H,10H2,1-4H3. The van der Waals surface area contributed by atoms with Crippen LogP contribution in [0.1, 0.15) is 17.0 Å². The minimum absolute atomic E-state index is 0.305. The first-order chi connectivity index (χ1) is 9.30. The van der Waals surface area contributed by atoms with E-state index in [1.807, 2.05) is 36.7 Å². The second kappa shape index (κ2) is 5.38. The fourth-order valence-electron chi connectivity index (χ4n) is 1.99. The van der Waals surface area contributed by atoms with Gasteiger partial charge in [-0.1, -0.05) is 12.1 Å². The monoisotopic (exact) mass is 293 g/mol. The predicted octanol–water partition coefficient (Wildman–Crippen LogP) is 1.80. The van der Waals surface area contributed by atoms with Crippen molar-refractivity contribution in [1.29, 1.82) is 0 Å². The van der Waals surface area contributed by atoms with E-state index in [2.05, 4.69) is 5.10 Å². The van der Waals surface area contributed by atoms with E-state index in [1.165, 1.54) is 18.4 Å².